The topological polar surface area (TPSA) is 50.2 Å². The second-order valence-corrected chi connectivity index (χ2v) is 5.20. The lowest BCUT2D eigenvalue weighted by molar-refractivity contribution is 0.220. The number of hydrogen-bond donors (Lipinski definition) is 1. The highest BCUT2D eigenvalue weighted by Gasteiger charge is 2.12. The van der Waals surface area contributed by atoms with Crippen LogP contribution in [0.25, 0.3) is 0 Å². The first kappa shape index (κ1) is 14.4. The van der Waals surface area contributed by atoms with Crippen LogP contribution in [0.2, 0.25) is 5.02 Å². The van der Waals surface area contributed by atoms with E-state index in [0.717, 1.165) is 11.1 Å². The van der Waals surface area contributed by atoms with Crippen LogP contribution in [-0.2, 0) is 13.6 Å². The van der Waals surface area contributed by atoms with E-state index in [1.807, 2.05) is 32.3 Å². The van der Waals surface area contributed by atoms with Gasteiger partial charge in [0.15, 0.2) is 0 Å². The van der Waals surface area contributed by atoms with Gasteiger partial charge in [0.1, 0.15) is 0 Å². The molecule has 0 unspecified atom stereocenters. The molecule has 1 N–H and O–H groups in total. The first-order chi connectivity index (χ1) is 9.45. The molecule has 0 saturated heterocycles. The van der Waals surface area contributed by atoms with Gasteiger partial charge >= 0.3 is 6.03 Å². The minimum Gasteiger partial charge on any atom is -0.323 e. The van der Waals surface area contributed by atoms with Gasteiger partial charge in [0.2, 0.25) is 0 Å². The number of nitrogens with one attached hydrogen (secondary N) is 1. The zero-order valence-corrected chi connectivity index (χ0v) is 12.5. The van der Waals surface area contributed by atoms with E-state index in [2.05, 4.69) is 10.4 Å². The molecule has 0 atom stereocenters. The maximum Gasteiger partial charge on any atom is 0.321 e. The van der Waals surface area contributed by atoms with E-state index in [-0.39, 0.29) is 6.03 Å². The van der Waals surface area contributed by atoms with E-state index in [0.29, 0.717) is 17.3 Å². The molecular weight excluding hydrogens is 276 g/mol. The van der Waals surface area contributed by atoms with E-state index in [1.54, 1.807) is 28.9 Å². The minimum absolute atomic E-state index is 0.209. The monoisotopic (exact) mass is 292 g/mol. The van der Waals surface area contributed by atoms with Crippen LogP contribution in [0.15, 0.2) is 30.6 Å². The Bertz CT molecular complexity index is 623. The molecule has 6 heteroatoms. The van der Waals surface area contributed by atoms with Gasteiger partial charge in [-0.3, -0.25) is 4.68 Å². The van der Waals surface area contributed by atoms with Crippen LogP contribution in [0.5, 0.6) is 0 Å². The van der Waals surface area contributed by atoms with Crippen LogP contribution in [0.4, 0.5) is 10.5 Å². The lowest BCUT2D eigenvalue weighted by Gasteiger charge is -2.17. The number of carbonyl (C=O) groups is 1. The molecule has 2 rings (SSSR count). The Morgan fingerprint density at radius 3 is 2.85 bits per heavy atom. The minimum atomic E-state index is -0.209. The molecule has 2 aromatic rings. The maximum absolute atomic E-state index is 12.1. The summed E-state index contributed by atoms with van der Waals surface area (Å²) in [5.41, 5.74) is 2.64. The largest absolute Gasteiger partial charge is 0.323 e. The van der Waals surface area contributed by atoms with Crippen molar-refractivity contribution in [1.82, 2.24) is 14.7 Å². The number of benzene rings is 1. The molecule has 1 aromatic carbocycles. The Balaban J connectivity index is 2.00. The Hall–Kier alpha value is -2.01. The van der Waals surface area contributed by atoms with Crippen LogP contribution in [0, 0.1) is 6.92 Å². The van der Waals surface area contributed by atoms with Crippen LogP contribution < -0.4 is 5.32 Å². The fourth-order valence-electron chi connectivity index (χ4n) is 1.83. The van der Waals surface area contributed by atoms with E-state index < -0.39 is 0 Å². The predicted octanol–water partition coefficient (Wildman–Crippen LogP) is 3.05. The molecule has 0 fully saturated rings. The van der Waals surface area contributed by atoms with Gasteiger partial charge in [-0.15, -0.1) is 0 Å². The molecule has 1 aromatic heterocycles. The number of nitrogens with zero attached hydrogens (tertiary/aromatic N) is 3. The average Bonchev–Trinajstić information content (AvgIpc) is 2.78. The van der Waals surface area contributed by atoms with Gasteiger partial charge in [0, 0.05) is 25.9 Å². The van der Waals surface area contributed by atoms with Gasteiger partial charge in [0.05, 0.1) is 23.5 Å². The Morgan fingerprint density at radius 1 is 1.50 bits per heavy atom. The molecule has 0 aliphatic carbocycles. The Morgan fingerprint density at radius 2 is 2.25 bits per heavy atom. The quantitative estimate of drug-likeness (QED) is 0.945. The number of urea groups is 1. The van der Waals surface area contributed by atoms with Gasteiger partial charge in [-0.05, 0) is 24.6 Å². The molecule has 0 aliphatic rings. The lowest BCUT2D eigenvalue weighted by Crippen LogP contribution is -2.30. The number of halogens is 1. The van der Waals surface area contributed by atoms with Crippen LogP contribution in [0.3, 0.4) is 0 Å². The molecule has 1 heterocycles. The third-order valence-electron chi connectivity index (χ3n) is 2.89. The number of anilines is 1. The van der Waals surface area contributed by atoms with Gasteiger partial charge in [-0.25, -0.2) is 4.79 Å². The maximum atomic E-state index is 12.1. The second kappa shape index (κ2) is 5.96. The van der Waals surface area contributed by atoms with E-state index in [9.17, 15) is 4.79 Å². The van der Waals surface area contributed by atoms with Crippen LogP contribution >= 0.6 is 11.6 Å². The van der Waals surface area contributed by atoms with E-state index in [4.69, 9.17) is 11.6 Å². The molecule has 0 radical (unpaired) electrons. The third kappa shape index (κ3) is 3.51. The summed E-state index contributed by atoms with van der Waals surface area (Å²) < 4.78 is 1.71. The normalized spacial score (nSPS) is 10.4. The summed E-state index contributed by atoms with van der Waals surface area (Å²) in [6, 6.07) is 5.31. The molecule has 0 spiro atoms. The number of aromatic nitrogens is 2. The summed E-state index contributed by atoms with van der Waals surface area (Å²) in [7, 11) is 3.57. The lowest BCUT2D eigenvalue weighted by atomic mass is 10.2. The zero-order chi connectivity index (χ0) is 14.7. The first-order valence-electron chi connectivity index (χ1n) is 6.21. The molecule has 106 valence electrons. The summed E-state index contributed by atoms with van der Waals surface area (Å²) in [6.07, 6.45) is 3.62. The van der Waals surface area contributed by atoms with Crippen LogP contribution in [-0.4, -0.2) is 27.8 Å². The molecular formula is C14H17ClN4O. The van der Waals surface area contributed by atoms with Crippen molar-refractivity contribution in [3.63, 3.8) is 0 Å². The highest BCUT2D eigenvalue weighted by molar-refractivity contribution is 6.33. The van der Waals surface area contributed by atoms with E-state index >= 15 is 0 Å². The Kier molecular flexibility index (Phi) is 4.29. The molecule has 0 bridgehead atoms. The third-order valence-corrected chi connectivity index (χ3v) is 3.20. The van der Waals surface area contributed by atoms with Crippen molar-refractivity contribution in [3.8, 4) is 0 Å². The number of carbonyl (C=O) groups excluding carboxylic acids is 1. The van der Waals surface area contributed by atoms with Gasteiger partial charge in [0.25, 0.3) is 0 Å². The standard InChI is InChI=1S/C14H17ClN4O/c1-10-4-5-13(12(15)6-10)17-14(20)18(2)8-11-7-16-19(3)9-11/h4-7,9H,8H2,1-3H3,(H,17,20). The predicted molar refractivity (Wildman–Crippen MR) is 79.9 cm³/mol. The van der Waals surface area contributed by atoms with Gasteiger partial charge < -0.3 is 10.2 Å². The molecule has 0 aliphatic heterocycles. The summed E-state index contributed by atoms with van der Waals surface area (Å²) in [4.78, 5) is 13.7. The Labute approximate surface area is 123 Å². The van der Waals surface area contributed by atoms with Crippen molar-refractivity contribution in [1.29, 1.82) is 0 Å². The summed E-state index contributed by atoms with van der Waals surface area (Å²) in [5.74, 6) is 0. The van der Waals surface area contributed by atoms with Crippen LogP contribution in [0.1, 0.15) is 11.1 Å². The fourth-order valence-corrected chi connectivity index (χ4v) is 2.11. The summed E-state index contributed by atoms with van der Waals surface area (Å²) >= 11 is 6.10. The molecule has 20 heavy (non-hydrogen) atoms. The highest BCUT2D eigenvalue weighted by atomic mass is 35.5. The highest BCUT2D eigenvalue weighted by Crippen LogP contribution is 2.23. The summed E-state index contributed by atoms with van der Waals surface area (Å²) in [6.45, 7) is 2.44. The van der Waals surface area contributed by atoms with Gasteiger partial charge in [-0.2, -0.15) is 5.10 Å². The average molecular weight is 293 g/mol. The summed E-state index contributed by atoms with van der Waals surface area (Å²) in [5, 5.41) is 7.40. The van der Waals surface area contributed by atoms with Crippen molar-refractivity contribution in [2.75, 3.05) is 12.4 Å². The first-order valence-corrected chi connectivity index (χ1v) is 6.59. The second-order valence-electron chi connectivity index (χ2n) is 4.79. The number of amides is 2. The number of aryl methyl sites for hydroxylation is 2. The fraction of sp³-hybridized carbons (Fsp3) is 0.286. The smallest absolute Gasteiger partial charge is 0.321 e. The molecule has 5 nitrogen and oxygen atoms in total. The SMILES string of the molecule is Cc1ccc(NC(=O)N(C)Cc2cnn(C)c2)c(Cl)c1. The molecule has 2 amide bonds. The van der Waals surface area contributed by atoms with Crippen molar-refractivity contribution in [2.24, 2.45) is 7.05 Å². The number of hydrogen-bond acceptors (Lipinski definition) is 2. The molecule has 0 saturated carbocycles. The van der Waals surface area contributed by atoms with Crippen molar-refractivity contribution in [2.45, 2.75) is 13.5 Å². The number of rotatable bonds is 3. The van der Waals surface area contributed by atoms with Crippen molar-refractivity contribution in [3.05, 3.63) is 46.7 Å². The van der Waals surface area contributed by atoms with Crippen molar-refractivity contribution >= 4 is 23.3 Å². The zero-order valence-electron chi connectivity index (χ0n) is 11.7. The van der Waals surface area contributed by atoms with Gasteiger partial charge in [-0.1, -0.05) is 17.7 Å². The van der Waals surface area contributed by atoms with E-state index in [1.165, 1.54) is 0 Å². The van der Waals surface area contributed by atoms with Crippen molar-refractivity contribution < 1.29 is 4.79 Å².